The van der Waals surface area contributed by atoms with Crippen molar-refractivity contribution in [2.24, 2.45) is 11.5 Å². The molecule has 6 N–H and O–H groups in total. The number of aromatic nitrogens is 3. The van der Waals surface area contributed by atoms with Crippen molar-refractivity contribution in [2.45, 2.75) is 13.8 Å². The zero-order valence-electron chi connectivity index (χ0n) is 11.0. The number of rotatable bonds is 3. The van der Waals surface area contributed by atoms with Crippen LogP contribution in [0.4, 0.5) is 5.82 Å². The molecule has 2 rings (SSSR count). The molecule has 0 aliphatic rings. The number of hydrogen-bond acceptors (Lipinski definition) is 5. The number of primary amides is 2. The van der Waals surface area contributed by atoms with Crippen LogP contribution in [-0.2, 0) is 0 Å². The molecular weight excluding hydrogens is 260 g/mol. The van der Waals surface area contributed by atoms with Crippen molar-refractivity contribution in [3.63, 3.8) is 0 Å². The Bertz CT molecular complexity index is 719. The molecule has 2 aromatic heterocycles. The molecule has 2 amide bonds. The Morgan fingerprint density at radius 3 is 2.30 bits per heavy atom. The maximum absolute atomic E-state index is 11.3. The van der Waals surface area contributed by atoms with Crippen molar-refractivity contribution in [1.82, 2.24) is 14.8 Å². The molecule has 0 saturated carbocycles. The molecule has 8 nitrogen and oxygen atoms in total. The third-order valence-electron chi connectivity index (χ3n) is 2.78. The summed E-state index contributed by atoms with van der Waals surface area (Å²) in [5, 5.41) is 4.15. The van der Waals surface area contributed by atoms with Crippen molar-refractivity contribution >= 4 is 17.6 Å². The third-order valence-corrected chi connectivity index (χ3v) is 2.78. The Kier molecular flexibility index (Phi) is 3.15. The van der Waals surface area contributed by atoms with Crippen LogP contribution in [0.15, 0.2) is 12.1 Å². The molecule has 0 radical (unpaired) electrons. The first-order chi connectivity index (χ1) is 9.31. The standard InChI is InChI=1S/C12H14N6O2/c1-5-3-7(4-8(16-5)11(14)19)18-10(13)9(12(15)20)6(2)17-18/h3-4H,13H2,1-2H3,(H2,14,19)(H2,15,20). The normalized spacial score (nSPS) is 10.5. The minimum absolute atomic E-state index is 0.0909. The molecule has 0 saturated heterocycles. The van der Waals surface area contributed by atoms with Crippen molar-refractivity contribution in [2.75, 3.05) is 5.73 Å². The molecule has 20 heavy (non-hydrogen) atoms. The minimum atomic E-state index is -0.660. The maximum atomic E-state index is 11.3. The first-order valence-corrected chi connectivity index (χ1v) is 5.75. The van der Waals surface area contributed by atoms with Gasteiger partial charge >= 0.3 is 0 Å². The number of carbonyl (C=O) groups is 2. The van der Waals surface area contributed by atoms with Gasteiger partial charge in [0.1, 0.15) is 17.1 Å². The Morgan fingerprint density at radius 2 is 1.80 bits per heavy atom. The first kappa shape index (κ1) is 13.5. The smallest absolute Gasteiger partial charge is 0.267 e. The molecule has 0 unspecified atom stereocenters. The summed E-state index contributed by atoms with van der Waals surface area (Å²) < 4.78 is 1.33. The third kappa shape index (κ3) is 2.18. The van der Waals surface area contributed by atoms with Crippen molar-refractivity contribution in [3.05, 3.63) is 34.8 Å². The molecule has 2 heterocycles. The van der Waals surface area contributed by atoms with Crippen LogP contribution in [0.1, 0.15) is 32.2 Å². The Labute approximate surface area is 114 Å². The van der Waals surface area contributed by atoms with Crippen molar-refractivity contribution in [3.8, 4) is 5.69 Å². The van der Waals surface area contributed by atoms with Gasteiger partial charge in [-0.15, -0.1) is 0 Å². The topological polar surface area (TPSA) is 143 Å². The van der Waals surface area contributed by atoms with E-state index in [-0.39, 0.29) is 17.1 Å². The number of hydrogen-bond donors (Lipinski definition) is 3. The van der Waals surface area contributed by atoms with Gasteiger partial charge in [-0.3, -0.25) is 9.59 Å². The van der Waals surface area contributed by atoms with Crippen LogP contribution >= 0.6 is 0 Å². The molecule has 0 aliphatic carbocycles. The summed E-state index contributed by atoms with van der Waals surface area (Å²) in [4.78, 5) is 26.6. The molecule has 2 aromatic rings. The number of carbonyl (C=O) groups excluding carboxylic acids is 2. The van der Waals surface area contributed by atoms with Gasteiger partial charge in [-0.2, -0.15) is 5.10 Å². The van der Waals surface area contributed by atoms with E-state index < -0.39 is 11.8 Å². The predicted octanol–water partition coefficient (Wildman–Crippen LogP) is -0.336. The largest absolute Gasteiger partial charge is 0.383 e. The summed E-state index contributed by atoms with van der Waals surface area (Å²) in [6, 6.07) is 3.11. The van der Waals surface area contributed by atoms with E-state index in [0.29, 0.717) is 17.1 Å². The van der Waals surface area contributed by atoms with Crippen LogP contribution in [0.2, 0.25) is 0 Å². The molecule has 0 bridgehead atoms. The number of nitrogens with two attached hydrogens (primary N) is 3. The van der Waals surface area contributed by atoms with Gasteiger partial charge in [0, 0.05) is 5.69 Å². The van der Waals surface area contributed by atoms with E-state index in [1.54, 1.807) is 19.9 Å². The molecule has 104 valence electrons. The highest BCUT2D eigenvalue weighted by Crippen LogP contribution is 2.21. The van der Waals surface area contributed by atoms with Gasteiger partial charge in [0.15, 0.2) is 0 Å². The highest BCUT2D eigenvalue weighted by molar-refractivity contribution is 5.98. The summed E-state index contributed by atoms with van der Waals surface area (Å²) in [5.41, 5.74) is 18.1. The van der Waals surface area contributed by atoms with Gasteiger partial charge in [0.05, 0.1) is 11.4 Å². The van der Waals surface area contributed by atoms with Crippen molar-refractivity contribution < 1.29 is 9.59 Å². The lowest BCUT2D eigenvalue weighted by molar-refractivity contribution is 0.0989. The van der Waals surface area contributed by atoms with Gasteiger partial charge in [-0.25, -0.2) is 9.67 Å². The fraction of sp³-hybridized carbons (Fsp3) is 0.167. The summed E-state index contributed by atoms with van der Waals surface area (Å²) in [5.74, 6) is -1.21. The Hall–Kier alpha value is -2.90. The summed E-state index contributed by atoms with van der Waals surface area (Å²) in [7, 11) is 0. The van der Waals surface area contributed by atoms with Gasteiger partial charge in [0.2, 0.25) is 0 Å². The van der Waals surface area contributed by atoms with Gasteiger partial charge in [-0.05, 0) is 26.0 Å². The highest BCUT2D eigenvalue weighted by Gasteiger charge is 2.19. The lowest BCUT2D eigenvalue weighted by Gasteiger charge is -2.07. The SMILES string of the molecule is Cc1cc(-n2nc(C)c(C(N)=O)c2N)cc(C(N)=O)n1. The molecular formula is C12H14N6O2. The van der Waals surface area contributed by atoms with E-state index in [4.69, 9.17) is 17.2 Å². The molecule has 0 fully saturated rings. The monoisotopic (exact) mass is 274 g/mol. The molecule has 0 spiro atoms. The van der Waals surface area contributed by atoms with E-state index in [0.717, 1.165) is 0 Å². The van der Waals surface area contributed by atoms with E-state index in [2.05, 4.69) is 10.1 Å². The second-order valence-corrected chi connectivity index (χ2v) is 4.34. The summed E-state index contributed by atoms with van der Waals surface area (Å²) in [6.45, 7) is 3.33. The average Bonchev–Trinajstić information content (AvgIpc) is 2.63. The fourth-order valence-electron chi connectivity index (χ4n) is 1.95. The predicted molar refractivity (Wildman–Crippen MR) is 72.3 cm³/mol. The number of aryl methyl sites for hydroxylation is 2. The first-order valence-electron chi connectivity index (χ1n) is 5.75. The second kappa shape index (κ2) is 4.65. The van der Waals surface area contributed by atoms with Crippen molar-refractivity contribution in [1.29, 1.82) is 0 Å². The minimum Gasteiger partial charge on any atom is -0.383 e. The fourth-order valence-corrected chi connectivity index (χ4v) is 1.95. The number of nitrogen functional groups attached to an aromatic ring is 1. The lowest BCUT2D eigenvalue weighted by Crippen LogP contribution is -2.16. The van der Waals surface area contributed by atoms with Crippen LogP contribution in [0.5, 0.6) is 0 Å². The van der Waals surface area contributed by atoms with Gasteiger partial charge in [0.25, 0.3) is 11.8 Å². The summed E-state index contributed by atoms with van der Waals surface area (Å²) in [6.07, 6.45) is 0. The molecule has 0 aliphatic heterocycles. The van der Waals surface area contributed by atoms with Crippen LogP contribution < -0.4 is 17.2 Å². The van der Waals surface area contributed by atoms with Crippen LogP contribution in [-0.4, -0.2) is 26.6 Å². The van der Waals surface area contributed by atoms with E-state index in [1.165, 1.54) is 10.7 Å². The lowest BCUT2D eigenvalue weighted by atomic mass is 10.2. The Balaban J connectivity index is 2.66. The molecule has 0 aromatic carbocycles. The zero-order chi connectivity index (χ0) is 15.0. The van der Waals surface area contributed by atoms with Crippen LogP contribution in [0, 0.1) is 13.8 Å². The maximum Gasteiger partial charge on any atom is 0.267 e. The quantitative estimate of drug-likeness (QED) is 0.701. The van der Waals surface area contributed by atoms with Gasteiger partial charge in [-0.1, -0.05) is 0 Å². The number of anilines is 1. The average molecular weight is 274 g/mol. The van der Waals surface area contributed by atoms with E-state index >= 15 is 0 Å². The summed E-state index contributed by atoms with van der Waals surface area (Å²) >= 11 is 0. The number of nitrogens with zero attached hydrogens (tertiary/aromatic N) is 3. The number of amides is 2. The Morgan fingerprint density at radius 1 is 1.15 bits per heavy atom. The second-order valence-electron chi connectivity index (χ2n) is 4.34. The molecule has 0 atom stereocenters. The zero-order valence-corrected chi connectivity index (χ0v) is 11.0. The number of pyridine rings is 1. The van der Waals surface area contributed by atoms with Crippen LogP contribution in [0.25, 0.3) is 5.69 Å². The van der Waals surface area contributed by atoms with E-state index in [9.17, 15) is 9.59 Å². The molecule has 8 heteroatoms. The van der Waals surface area contributed by atoms with Crippen LogP contribution in [0.3, 0.4) is 0 Å². The van der Waals surface area contributed by atoms with E-state index in [1.807, 2.05) is 0 Å². The highest BCUT2D eigenvalue weighted by atomic mass is 16.1. The van der Waals surface area contributed by atoms with Gasteiger partial charge < -0.3 is 17.2 Å².